The number of pyridine rings is 1. The largest absolute Gasteiger partial charge is 0.456 e. The SMILES string of the molecule is C#CC(=O)Nc1ccc(Oc2c(C)cccc2C)c(-c2cc(C[C@H](C(=O)NCC)C(C)C)c(=O)n(C)c2)c1. The van der Waals surface area contributed by atoms with Crippen LogP contribution in [0.15, 0.2) is 53.5 Å². The summed E-state index contributed by atoms with van der Waals surface area (Å²) >= 11 is 0. The summed E-state index contributed by atoms with van der Waals surface area (Å²) in [6.07, 6.45) is 7.27. The average molecular weight is 514 g/mol. The molecule has 0 fully saturated rings. The lowest BCUT2D eigenvalue weighted by molar-refractivity contribution is -0.126. The maximum atomic E-state index is 13.1. The first-order chi connectivity index (χ1) is 18.0. The van der Waals surface area contributed by atoms with Crippen molar-refractivity contribution in [1.82, 2.24) is 9.88 Å². The van der Waals surface area contributed by atoms with E-state index in [2.05, 4.69) is 16.6 Å². The Kier molecular flexibility index (Phi) is 9.14. The number of nitrogens with one attached hydrogen (secondary N) is 2. The van der Waals surface area contributed by atoms with Gasteiger partial charge in [-0.2, -0.15) is 0 Å². The fourth-order valence-corrected chi connectivity index (χ4v) is 4.41. The minimum atomic E-state index is -0.567. The molecule has 7 heteroatoms. The molecule has 2 amide bonds. The molecule has 1 atom stereocenters. The van der Waals surface area contributed by atoms with E-state index in [1.807, 2.05) is 52.8 Å². The van der Waals surface area contributed by atoms with Crippen LogP contribution in [0, 0.1) is 38.0 Å². The van der Waals surface area contributed by atoms with Crippen molar-refractivity contribution in [1.29, 1.82) is 0 Å². The topological polar surface area (TPSA) is 89.4 Å². The van der Waals surface area contributed by atoms with E-state index >= 15 is 0 Å². The lowest BCUT2D eigenvalue weighted by Crippen LogP contribution is -2.36. The number of anilines is 1. The number of aromatic nitrogens is 1. The van der Waals surface area contributed by atoms with Crippen LogP contribution in [0.1, 0.15) is 37.5 Å². The Bertz CT molecular complexity index is 1430. The normalized spacial score (nSPS) is 11.5. The first kappa shape index (κ1) is 28.3. The highest BCUT2D eigenvalue weighted by Gasteiger charge is 2.24. The first-order valence-electron chi connectivity index (χ1n) is 12.7. The van der Waals surface area contributed by atoms with Crippen molar-refractivity contribution in [3.05, 3.63) is 75.7 Å². The number of ether oxygens (including phenoxy) is 1. The molecule has 3 aromatic rings. The third kappa shape index (κ3) is 6.51. The van der Waals surface area contributed by atoms with Gasteiger partial charge >= 0.3 is 0 Å². The van der Waals surface area contributed by atoms with Crippen LogP contribution in [-0.2, 0) is 23.1 Å². The van der Waals surface area contributed by atoms with Gasteiger partial charge in [0.2, 0.25) is 5.91 Å². The summed E-state index contributed by atoms with van der Waals surface area (Å²) in [5.41, 5.74) is 4.17. The van der Waals surface area contributed by atoms with Crippen molar-refractivity contribution in [2.24, 2.45) is 18.9 Å². The molecule has 2 N–H and O–H groups in total. The van der Waals surface area contributed by atoms with Crippen LogP contribution in [0.25, 0.3) is 11.1 Å². The van der Waals surface area contributed by atoms with Crippen molar-refractivity contribution >= 4 is 17.5 Å². The summed E-state index contributed by atoms with van der Waals surface area (Å²) in [4.78, 5) is 37.8. The summed E-state index contributed by atoms with van der Waals surface area (Å²) in [6, 6.07) is 13.0. The van der Waals surface area contributed by atoms with Gasteiger partial charge in [0.15, 0.2) is 0 Å². The monoisotopic (exact) mass is 513 g/mol. The minimum Gasteiger partial charge on any atom is -0.456 e. The summed E-state index contributed by atoms with van der Waals surface area (Å²) in [7, 11) is 1.68. The van der Waals surface area contributed by atoms with Gasteiger partial charge in [0.25, 0.3) is 11.5 Å². The van der Waals surface area contributed by atoms with Crippen LogP contribution in [0.4, 0.5) is 5.69 Å². The van der Waals surface area contributed by atoms with Gasteiger partial charge in [0.05, 0.1) is 0 Å². The molecule has 0 aliphatic rings. The van der Waals surface area contributed by atoms with Gasteiger partial charge < -0.3 is 19.9 Å². The highest BCUT2D eigenvalue weighted by molar-refractivity contribution is 6.04. The van der Waals surface area contributed by atoms with Crippen molar-refractivity contribution < 1.29 is 14.3 Å². The van der Waals surface area contributed by atoms with Crippen molar-refractivity contribution in [2.75, 3.05) is 11.9 Å². The van der Waals surface area contributed by atoms with Crippen molar-refractivity contribution in [3.63, 3.8) is 0 Å². The molecular formula is C31H35N3O4. The molecule has 2 aromatic carbocycles. The van der Waals surface area contributed by atoms with E-state index in [1.54, 1.807) is 37.5 Å². The molecule has 1 aromatic heterocycles. The maximum Gasteiger partial charge on any atom is 0.300 e. The third-order valence-corrected chi connectivity index (χ3v) is 6.49. The van der Waals surface area contributed by atoms with E-state index in [0.717, 1.165) is 16.9 Å². The van der Waals surface area contributed by atoms with Crippen LogP contribution in [0.3, 0.4) is 0 Å². The number of para-hydroxylation sites is 1. The fourth-order valence-electron chi connectivity index (χ4n) is 4.41. The molecule has 0 saturated carbocycles. The van der Waals surface area contributed by atoms with E-state index in [9.17, 15) is 14.4 Å². The van der Waals surface area contributed by atoms with Crippen LogP contribution in [0.2, 0.25) is 0 Å². The second-order valence-electron chi connectivity index (χ2n) is 9.75. The summed E-state index contributed by atoms with van der Waals surface area (Å²) in [5.74, 6) is 2.38. The second kappa shape index (κ2) is 12.3. The number of terminal acetylenes is 1. The summed E-state index contributed by atoms with van der Waals surface area (Å²) in [5, 5.41) is 5.56. The number of benzene rings is 2. The van der Waals surface area contributed by atoms with Crippen molar-refractivity contribution in [3.8, 4) is 35.0 Å². The molecular weight excluding hydrogens is 478 g/mol. The molecule has 0 radical (unpaired) electrons. The molecule has 0 aliphatic heterocycles. The van der Waals surface area contributed by atoms with E-state index in [0.29, 0.717) is 41.1 Å². The molecule has 0 bridgehead atoms. The Hall–Kier alpha value is -4.31. The van der Waals surface area contributed by atoms with E-state index in [4.69, 9.17) is 11.2 Å². The second-order valence-corrected chi connectivity index (χ2v) is 9.75. The molecule has 0 aliphatic carbocycles. The van der Waals surface area contributed by atoms with Crippen LogP contribution in [-0.4, -0.2) is 22.9 Å². The molecule has 0 unspecified atom stereocenters. The highest BCUT2D eigenvalue weighted by Crippen LogP contribution is 2.38. The highest BCUT2D eigenvalue weighted by atomic mass is 16.5. The number of aryl methyl sites for hydroxylation is 3. The molecule has 198 valence electrons. The van der Waals surface area contributed by atoms with Crippen LogP contribution >= 0.6 is 0 Å². The zero-order chi connectivity index (χ0) is 28.0. The molecule has 0 spiro atoms. The Morgan fingerprint density at radius 1 is 1.11 bits per heavy atom. The van der Waals surface area contributed by atoms with E-state index in [1.165, 1.54) is 4.57 Å². The summed E-state index contributed by atoms with van der Waals surface area (Å²) in [6.45, 7) is 10.3. The predicted octanol–water partition coefficient (Wildman–Crippen LogP) is 4.98. The molecule has 7 nitrogen and oxygen atoms in total. The number of hydrogen-bond donors (Lipinski definition) is 2. The number of carbonyl (C=O) groups is 2. The number of nitrogens with zero attached hydrogens (tertiary/aromatic N) is 1. The van der Waals surface area contributed by atoms with Gasteiger partial charge in [-0.3, -0.25) is 14.4 Å². The quantitative estimate of drug-likeness (QED) is 0.395. The average Bonchev–Trinajstić information content (AvgIpc) is 2.87. The van der Waals surface area contributed by atoms with Gasteiger partial charge in [0, 0.05) is 48.1 Å². The van der Waals surface area contributed by atoms with E-state index < -0.39 is 5.91 Å². The minimum absolute atomic E-state index is 0.0418. The van der Waals surface area contributed by atoms with Gasteiger partial charge in [-0.15, -0.1) is 6.42 Å². The molecule has 38 heavy (non-hydrogen) atoms. The summed E-state index contributed by atoms with van der Waals surface area (Å²) < 4.78 is 7.92. The van der Waals surface area contributed by atoms with Gasteiger partial charge in [-0.1, -0.05) is 32.0 Å². The number of carbonyl (C=O) groups excluding carboxylic acids is 2. The first-order valence-corrected chi connectivity index (χ1v) is 12.7. The smallest absolute Gasteiger partial charge is 0.300 e. The number of amides is 2. The Morgan fingerprint density at radius 2 is 1.79 bits per heavy atom. The lowest BCUT2D eigenvalue weighted by Gasteiger charge is -2.21. The van der Waals surface area contributed by atoms with Crippen LogP contribution < -0.4 is 20.9 Å². The van der Waals surface area contributed by atoms with Gasteiger partial charge in [-0.25, -0.2) is 0 Å². The molecule has 3 rings (SSSR count). The van der Waals surface area contributed by atoms with Gasteiger partial charge in [0.1, 0.15) is 11.5 Å². The Morgan fingerprint density at radius 3 is 2.39 bits per heavy atom. The lowest BCUT2D eigenvalue weighted by atomic mass is 9.88. The Labute approximate surface area is 224 Å². The van der Waals surface area contributed by atoms with E-state index in [-0.39, 0.29) is 23.3 Å². The Balaban J connectivity index is 2.16. The number of rotatable bonds is 9. The number of hydrogen-bond acceptors (Lipinski definition) is 4. The molecule has 1 heterocycles. The fraction of sp³-hybridized carbons (Fsp3) is 0.323. The molecule has 0 saturated heterocycles. The van der Waals surface area contributed by atoms with Crippen molar-refractivity contribution in [2.45, 2.75) is 41.0 Å². The maximum absolute atomic E-state index is 13.1. The third-order valence-electron chi connectivity index (χ3n) is 6.49. The standard InChI is InChI=1S/C31H35N3O4/c1-8-28(35)33-24-13-14-27(38-29-20(5)11-10-12-21(29)6)26(17-24)23-15-22(31(37)34(7)18-23)16-25(19(3)4)30(36)32-9-2/h1,10-15,17-19,25H,9,16H2,2-7H3,(H,32,36)(H,33,35)/t25-/m0/s1. The zero-order valence-electron chi connectivity index (χ0n) is 22.8. The van der Waals surface area contributed by atoms with Gasteiger partial charge in [-0.05, 0) is 74.4 Å². The van der Waals surface area contributed by atoms with Crippen LogP contribution in [0.5, 0.6) is 11.5 Å². The zero-order valence-corrected chi connectivity index (χ0v) is 22.8. The predicted molar refractivity (Wildman–Crippen MR) is 151 cm³/mol.